The molecule has 0 aliphatic carbocycles. The van der Waals surface area contributed by atoms with Gasteiger partial charge in [-0.3, -0.25) is 14.5 Å². The molecule has 1 aliphatic rings. The third-order valence-corrected chi connectivity index (χ3v) is 2.92. The molecular weight excluding hydrogens is 208 g/mol. The lowest BCUT2D eigenvalue weighted by Gasteiger charge is -2.18. The number of urea groups is 1. The smallest absolute Gasteiger partial charge is 0.323 e. The Hall–Kier alpha value is -1.39. The average Bonchev–Trinajstić information content (AvgIpc) is 2.43. The maximum absolute atomic E-state index is 11.9. The Morgan fingerprint density at radius 1 is 1.38 bits per heavy atom. The van der Waals surface area contributed by atoms with E-state index in [1.807, 2.05) is 13.8 Å². The molecule has 1 heterocycles. The molecule has 0 spiro atoms. The molecule has 1 rings (SSSR count). The molecule has 1 aliphatic heterocycles. The molecule has 0 bridgehead atoms. The first-order chi connectivity index (χ1) is 7.44. The molecule has 0 aromatic heterocycles. The van der Waals surface area contributed by atoms with Crippen molar-refractivity contribution in [2.24, 2.45) is 0 Å². The lowest BCUT2D eigenvalue weighted by molar-refractivity contribution is -0.134. The Morgan fingerprint density at radius 3 is 2.44 bits per heavy atom. The van der Waals surface area contributed by atoms with E-state index in [1.54, 1.807) is 6.92 Å². The molecule has 90 valence electrons. The molecule has 1 N–H and O–H groups in total. The second-order valence-corrected chi connectivity index (χ2v) is 4.30. The number of hydrogen-bond donors (Lipinski definition) is 1. The zero-order valence-electron chi connectivity index (χ0n) is 10.0. The molecule has 5 heteroatoms. The Labute approximate surface area is 95.2 Å². The van der Waals surface area contributed by atoms with Gasteiger partial charge in [0.05, 0.1) is 6.54 Å². The molecule has 1 unspecified atom stereocenters. The van der Waals surface area contributed by atoms with Gasteiger partial charge in [0.25, 0.3) is 5.91 Å². The topological polar surface area (TPSA) is 66.5 Å². The van der Waals surface area contributed by atoms with Crippen LogP contribution in [0.25, 0.3) is 0 Å². The fourth-order valence-corrected chi connectivity index (χ4v) is 1.66. The maximum atomic E-state index is 11.9. The molecule has 0 radical (unpaired) electrons. The van der Waals surface area contributed by atoms with Crippen molar-refractivity contribution in [3.8, 4) is 0 Å². The average molecular weight is 226 g/mol. The zero-order chi connectivity index (χ0) is 12.3. The number of imide groups is 1. The number of nitrogens with one attached hydrogen (secondary N) is 1. The molecular formula is C11H18N2O3. The second kappa shape index (κ2) is 4.63. The van der Waals surface area contributed by atoms with Gasteiger partial charge in [-0.25, -0.2) is 4.79 Å². The lowest BCUT2D eigenvalue weighted by atomic mass is 9.99. The number of carbonyl (C=O) groups is 3. The molecule has 1 fully saturated rings. The normalized spacial score (nSPS) is 24.8. The quantitative estimate of drug-likeness (QED) is 0.713. The molecule has 0 aromatic carbocycles. The van der Waals surface area contributed by atoms with Gasteiger partial charge in [0, 0.05) is 6.42 Å². The van der Waals surface area contributed by atoms with Crippen molar-refractivity contribution >= 4 is 17.7 Å². The first-order valence-electron chi connectivity index (χ1n) is 5.60. The van der Waals surface area contributed by atoms with E-state index >= 15 is 0 Å². The van der Waals surface area contributed by atoms with Crippen molar-refractivity contribution < 1.29 is 14.4 Å². The van der Waals surface area contributed by atoms with Gasteiger partial charge in [-0.2, -0.15) is 0 Å². The van der Waals surface area contributed by atoms with E-state index in [9.17, 15) is 14.4 Å². The number of ketones is 1. The monoisotopic (exact) mass is 226 g/mol. The van der Waals surface area contributed by atoms with E-state index < -0.39 is 11.6 Å². The Balaban J connectivity index is 2.72. The molecule has 0 aromatic rings. The summed E-state index contributed by atoms with van der Waals surface area (Å²) in [6.07, 6.45) is 1.66. The Kier molecular flexibility index (Phi) is 3.67. The molecule has 1 atom stereocenters. The molecule has 0 saturated carbocycles. The first-order valence-corrected chi connectivity index (χ1v) is 5.60. The maximum Gasteiger partial charge on any atom is 0.325 e. The van der Waals surface area contributed by atoms with Crippen molar-refractivity contribution in [1.82, 2.24) is 10.2 Å². The van der Waals surface area contributed by atoms with Crippen LogP contribution in [0.2, 0.25) is 0 Å². The summed E-state index contributed by atoms with van der Waals surface area (Å²) >= 11 is 0. The van der Waals surface area contributed by atoms with Crippen LogP contribution >= 0.6 is 0 Å². The summed E-state index contributed by atoms with van der Waals surface area (Å²) in [5.41, 5.74) is -0.844. The Bertz CT molecular complexity index is 327. The summed E-state index contributed by atoms with van der Waals surface area (Å²) in [7, 11) is 0. The van der Waals surface area contributed by atoms with E-state index in [-0.39, 0.29) is 18.2 Å². The molecule has 1 saturated heterocycles. The van der Waals surface area contributed by atoms with Gasteiger partial charge >= 0.3 is 6.03 Å². The van der Waals surface area contributed by atoms with Crippen LogP contribution in [-0.4, -0.2) is 34.7 Å². The lowest BCUT2D eigenvalue weighted by Crippen LogP contribution is -2.43. The minimum absolute atomic E-state index is 0.0775. The highest BCUT2D eigenvalue weighted by molar-refractivity contribution is 6.08. The van der Waals surface area contributed by atoms with Gasteiger partial charge in [0.1, 0.15) is 5.54 Å². The summed E-state index contributed by atoms with van der Waals surface area (Å²) in [6, 6.07) is -0.459. The minimum Gasteiger partial charge on any atom is -0.323 e. The summed E-state index contributed by atoms with van der Waals surface area (Å²) < 4.78 is 0. The van der Waals surface area contributed by atoms with Crippen molar-refractivity contribution in [3.05, 3.63) is 0 Å². The van der Waals surface area contributed by atoms with Crippen LogP contribution in [0, 0.1) is 0 Å². The molecule has 5 nitrogen and oxygen atoms in total. The number of rotatable bonds is 5. The number of carbonyl (C=O) groups excluding carboxylic acids is 3. The predicted octanol–water partition coefficient (Wildman–Crippen LogP) is 1.08. The fraction of sp³-hybridized carbons (Fsp3) is 0.727. The van der Waals surface area contributed by atoms with Gasteiger partial charge in [0.2, 0.25) is 0 Å². The van der Waals surface area contributed by atoms with Crippen LogP contribution < -0.4 is 5.32 Å². The summed E-state index contributed by atoms with van der Waals surface area (Å²) in [5, 5.41) is 2.61. The third-order valence-electron chi connectivity index (χ3n) is 2.92. The highest BCUT2D eigenvalue weighted by atomic mass is 16.2. The Morgan fingerprint density at radius 2 is 2.00 bits per heavy atom. The van der Waals surface area contributed by atoms with Gasteiger partial charge in [-0.1, -0.05) is 13.8 Å². The summed E-state index contributed by atoms with van der Waals surface area (Å²) in [5.74, 6) is -0.379. The van der Waals surface area contributed by atoms with Crippen molar-refractivity contribution in [3.63, 3.8) is 0 Å². The van der Waals surface area contributed by atoms with Gasteiger partial charge in [-0.15, -0.1) is 0 Å². The number of hydrogen-bond acceptors (Lipinski definition) is 3. The highest BCUT2D eigenvalue weighted by Crippen LogP contribution is 2.20. The summed E-state index contributed by atoms with van der Waals surface area (Å²) in [6.45, 7) is 5.29. The SMILES string of the molecule is CCCC(=O)CN1C(=O)NC(C)(CC)C1=O. The van der Waals surface area contributed by atoms with Crippen molar-refractivity contribution in [2.75, 3.05) is 6.54 Å². The number of amides is 3. The molecule has 16 heavy (non-hydrogen) atoms. The largest absolute Gasteiger partial charge is 0.325 e. The van der Waals surface area contributed by atoms with Gasteiger partial charge in [0.15, 0.2) is 5.78 Å². The minimum atomic E-state index is -0.844. The fourth-order valence-electron chi connectivity index (χ4n) is 1.66. The van der Waals surface area contributed by atoms with Crippen molar-refractivity contribution in [2.45, 2.75) is 45.6 Å². The van der Waals surface area contributed by atoms with E-state index in [2.05, 4.69) is 5.32 Å². The van der Waals surface area contributed by atoms with Gasteiger partial charge < -0.3 is 5.32 Å². The number of Topliss-reactive ketones (excluding diaryl/α,β-unsaturated/α-hetero) is 1. The zero-order valence-corrected chi connectivity index (χ0v) is 10.0. The van der Waals surface area contributed by atoms with E-state index in [4.69, 9.17) is 0 Å². The predicted molar refractivity (Wildman–Crippen MR) is 58.9 cm³/mol. The van der Waals surface area contributed by atoms with E-state index in [0.29, 0.717) is 12.8 Å². The van der Waals surface area contributed by atoms with Crippen LogP contribution in [-0.2, 0) is 9.59 Å². The number of nitrogens with zero attached hydrogens (tertiary/aromatic N) is 1. The van der Waals surface area contributed by atoms with E-state index in [1.165, 1.54) is 0 Å². The van der Waals surface area contributed by atoms with E-state index in [0.717, 1.165) is 11.3 Å². The first kappa shape index (κ1) is 12.7. The standard InChI is InChI=1S/C11H18N2O3/c1-4-6-8(14)7-13-9(15)11(3,5-2)12-10(13)16/h4-7H2,1-3H3,(H,12,16). The van der Waals surface area contributed by atoms with Crippen LogP contribution in [0.5, 0.6) is 0 Å². The third kappa shape index (κ3) is 2.23. The second-order valence-electron chi connectivity index (χ2n) is 4.30. The van der Waals surface area contributed by atoms with Crippen LogP contribution in [0.3, 0.4) is 0 Å². The van der Waals surface area contributed by atoms with Crippen LogP contribution in [0.15, 0.2) is 0 Å². The highest BCUT2D eigenvalue weighted by Gasteiger charge is 2.46. The molecule has 3 amide bonds. The summed E-state index contributed by atoms with van der Waals surface area (Å²) in [4.78, 5) is 35.9. The van der Waals surface area contributed by atoms with Crippen LogP contribution in [0.4, 0.5) is 4.79 Å². The van der Waals surface area contributed by atoms with Crippen LogP contribution in [0.1, 0.15) is 40.0 Å². The van der Waals surface area contributed by atoms with Crippen molar-refractivity contribution in [1.29, 1.82) is 0 Å². The van der Waals surface area contributed by atoms with Gasteiger partial charge in [-0.05, 0) is 19.8 Å².